The number of Topliss-reactive ketones (excluding diaryl/α,β-unsaturated/α-hetero) is 1. The van der Waals surface area contributed by atoms with Gasteiger partial charge in [-0.2, -0.15) is 0 Å². The Hall–Kier alpha value is -1.74. The highest BCUT2D eigenvalue weighted by molar-refractivity contribution is 6.30. The number of aromatic nitrogens is 1. The molecule has 0 amide bonds. The lowest BCUT2D eigenvalue weighted by molar-refractivity contribution is 0.0992. The number of rotatable bonds is 3. The van der Waals surface area contributed by atoms with Gasteiger partial charge in [0.1, 0.15) is 5.82 Å². The average Bonchev–Trinajstić information content (AvgIpc) is 2.35. The Morgan fingerprint density at radius 2 is 2.18 bits per heavy atom. The molecular formula is C13H9ClFNO. The molecule has 4 heteroatoms. The van der Waals surface area contributed by atoms with Crippen molar-refractivity contribution in [2.75, 3.05) is 0 Å². The fraction of sp³-hybridized carbons (Fsp3) is 0.0769. The van der Waals surface area contributed by atoms with Crippen molar-refractivity contribution in [1.82, 2.24) is 4.98 Å². The fourth-order valence-corrected chi connectivity index (χ4v) is 1.67. The van der Waals surface area contributed by atoms with Crippen molar-refractivity contribution in [3.8, 4) is 0 Å². The van der Waals surface area contributed by atoms with Crippen LogP contribution in [0.25, 0.3) is 0 Å². The number of pyridine rings is 1. The molecule has 0 aliphatic rings. The summed E-state index contributed by atoms with van der Waals surface area (Å²) in [4.78, 5) is 15.7. The molecule has 1 heterocycles. The van der Waals surface area contributed by atoms with Crippen LogP contribution in [0.3, 0.4) is 0 Å². The van der Waals surface area contributed by atoms with E-state index in [0.717, 1.165) is 0 Å². The molecule has 0 aliphatic carbocycles. The number of ketones is 1. The summed E-state index contributed by atoms with van der Waals surface area (Å²) >= 11 is 5.64. The van der Waals surface area contributed by atoms with E-state index in [4.69, 9.17) is 11.6 Å². The third-order valence-electron chi connectivity index (χ3n) is 2.33. The van der Waals surface area contributed by atoms with E-state index in [2.05, 4.69) is 4.98 Å². The minimum Gasteiger partial charge on any atom is -0.294 e. The van der Waals surface area contributed by atoms with E-state index in [9.17, 15) is 9.18 Å². The molecule has 0 unspecified atom stereocenters. The second kappa shape index (κ2) is 5.06. The number of benzene rings is 1. The highest BCUT2D eigenvalue weighted by Gasteiger charge is 2.08. The lowest BCUT2D eigenvalue weighted by Crippen LogP contribution is -2.03. The summed E-state index contributed by atoms with van der Waals surface area (Å²) in [5.74, 6) is -0.551. The van der Waals surface area contributed by atoms with Gasteiger partial charge in [-0.15, -0.1) is 0 Å². The van der Waals surface area contributed by atoms with E-state index in [1.165, 1.54) is 18.3 Å². The lowest BCUT2D eigenvalue weighted by atomic mass is 10.0. The molecule has 0 saturated heterocycles. The number of hydrogen-bond acceptors (Lipinski definition) is 2. The maximum atomic E-state index is 12.9. The van der Waals surface area contributed by atoms with Gasteiger partial charge in [0.25, 0.3) is 0 Å². The maximum absolute atomic E-state index is 12.9. The van der Waals surface area contributed by atoms with E-state index < -0.39 is 5.82 Å². The number of hydrogen-bond donors (Lipinski definition) is 0. The third-order valence-corrected chi connectivity index (χ3v) is 2.62. The van der Waals surface area contributed by atoms with Crippen molar-refractivity contribution >= 4 is 17.4 Å². The Morgan fingerprint density at radius 3 is 2.82 bits per heavy atom. The predicted octanol–water partition coefficient (Wildman–Crippen LogP) is 3.30. The van der Waals surface area contributed by atoms with Crippen molar-refractivity contribution in [3.05, 3.63) is 64.7 Å². The first kappa shape index (κ1) is 11.7. The second-order valence-electron chi connectivity index (χ2n) is 3.59. The Morgan fingerprint density at radius 1 is 1.35 bits per heavy atom. The van der Waals surface area contributed by atoms with Gasteiger partial charge in [0.05, 0.1) is 5.02 Å². The van der Waals surface area contributed by atoms with Crippen molar-refractivity contribution in [3.63, 3.8) is 0 Å². The average molecular weight is 250 g/mol. The first-order valence-electron chi connectivity index (χ1n) is 5.04. The van der Waals surface area contributed by atoms with Gasteiger partial charge in [0, 0.05) is 24.4 Å². The van der Waals surface area contributed by atoms with Crippen LogP contribution in [0, 0.1) is 5.82 Å². The zero-order valence-corrected chi connectivity index (χ0v) is 9.62. The standard InChI is InChI=1S/C13H9ClFNO/c14-11-6-9(3-4-12(11)15)7-13(17)10-2-1-5-16-8-10/h1-6,8H,7H2. The molecule has 0 saturated carbocycles. The van der Waals surface area contributed by atoms with E-state index in [0.29, 0.717) is 11.1 Å². The molecule has 0 spiro atoms. The van der Waals surface area contributed by atoms with Crippen molar-refractivity contribution in [1.29, 1.82) is 0 Å². The van der Waals surface area contributed by atoms with Crippen LogP contribution in [0.1, 0.15) is 15.9 Å². The van der Waals surface area contributed by atoms with Crippen LogP contribution in [-0.4, -0.2) is 10.8 Å². The number of halogens is 2. The monoisotopic (exact) mass is 249 g/mol. The van der Waals surface area contributed by atoms with Crippen molar-refractivity contribution in [2.24, 2.45) is 0 Å². The Kier molecular flexibility index (Phi) is 3.49. The molecule has 1 aromatic heterocycles. The minimum atomic E-state index is -0.482. The molecule has 2 aromatic rings. The largest absolute Gasteiger partial charge is 0.294 e. The van der Waals surface area contributed by atoms with Crippen LogP contribution >= 0.6 is 11.6 Å². The van der Waals surface area contributed by atoms with E-state index >= 15 is 0 Å². The normalized spacial score (nSPS) is 10.2. The van der Waals surface area contributed by atoms with Crippen LogP contribution in [0.15, 0.2) is 42.7 Å². The van der Waals surface area contributed by atoms with Crippen LogP contribution in [0.4, 0.5) is 4.39 Å². The quantitative estimate of drug-likeness (QED) is 0.782. The zero-order chi connectivity index (χ0) is 12.3. The highest BCUT2D eigenvalue weighted by Crippen LogP contribution is 2.17. The summed E-state index contributed by atoms with van der Waals surface area (Å²) in [6.07, 6.45) is 3.30. The summed E-state index contributed by atoms with van der Waals surface area (Å²) in [5.41, 5.74) is 1.22. The first-order valence-corrected chi connectivity index (χ1v) is 5.42. The molecule has 1 aromatic carbocycles. The smallest absolute Gasteiger partial charge is 0.168 e. The van der Waals surface area contributed by atoms with Gasteiger partial charge >= 0.3 is 0 Å². The number of nitrogens with zero attached hydrogens (tertiary/aromatic N) is 1. The summed E-state index contributed by atoms with van der Waals surface area (Å²) < 4.78 is 12.9. The molecule has 17 heavy (non-hydrogen) atoms. The summed E-state index contributed by atoms with van der Waals surface area (Å²) in [5, 5.41) is 0.0292. The first-order chi connectivity index (χ1) is 8.16. The number of carbonyl (C=O) groups excluding carboxylic acids is 1. The molecule has 0 atom stereocenters. The highest BCUT2D eigenvalue weighted by atomic mass is 35.5. The van der Waals surface area contributed by atoms with Crippen LogP contribution < -0.4 is 0 Å². The molecule has 0 fully saturated rings. The topological polar surface area (TPSA) is 30.0 Å². The molecule has 0 N–H and O–H groups in total. The van der Waals surface area contributed by atoms with Crippen molar-refractivity contribution in [2.45, 2.75) is 6.42 Å². The minimum absolute atomic E-state index is 0.0292. The molecular weight excluding hydrogens is 241 g/mol. The van der Waals surface area contributed by atoms with Gasteiger partial charge in [-0.3, -0.25) is 9.78 Å². The van der Waals surface area contributed by atoms with E-state index in [-0.39, 0.29) is 17.2 Å². The predicted molar refractivity (Wildman–Crippen MR) is 63.7 cm³/mol. The van der Waals surface area contributed by atoms with Gasteiger partial charge in [-0.25, -0.2) is 4.39 Å². The van der Waals surface area contributed by atoms with Gasteiger partial charge < -0.3 is 0 Å². The van der Waals surface area contributed by atoms with Crippen molar-refractivity contribution < 1.29 is 9.18 Å². The third kappa shape index (κ3) is 2.88. The van der Waals surface area contributed by atoms with Crippen LogP contribution in [-0.2, 0) is 6.42 Å². The zero-order valence-electron chi connectivity index (χ0n) is 8.86. The fourth-order valence-electron chi connectivity index (χ4n) is 1.46. The summed E-state index contributed by atoms with van der Waals surface area (Å²) in [7, 11) is 0. The second-order valence-corrected chi connectivity index (χ2v) is 4.00. The molecule has 2 nitrogen and oxygen atoms in total. The molecule has 0 radical (unpaired) electrons. The summed E-state index contributed by atoms with van der Waals surface area (Å²) in [6, 6.07) is 7.67. The molecule has 0 bridgehead atoms. The Labute approximate surface area is 103 Å². The summed E-state index contributed by atoms with van der Waals surface area (Å²) in [6.45, 7) is 0. The van der Waals surface area contributed by atoms with Gasteiger partial charge in [0.15, 0.2) is 5.78 Å². The van der Waals surface area contributed by atoms with E-state index in [1.807, 2.05) is 0 Å². The van der Waals surface area contributed by atoms with Gasteiger partial charge in [-0.1, -0.05) is 17.7 Å². The molecule has 86 valence electrons. The number of carbonyl (C=O) groups is 1. The Balaban J connectivity index is 2.16. The molecule has 2 rings (SSSR count). The molecule has 0 aliphatic heterocycles. The van der Waals surface area contributed by atoms with Crippen LogP contribution in [0.5, 0.6) is 0 Å². The lowest BCUT2D eigenvalue weighted by Gasteiger charge is -2.02. The SMILES string of the molecule is O=C(Cc1ccc(F)c(Cl)c1)c1cccnc1. The van der Waals surface area contributed by atoms with Gasteiger partial charge in [0.2, 0.25) is 0 Å². The maximum Gasteiger partial charge on any atom is 0.168 e. The van der Waals surface area contributed by atoms with E-state index in [1.54, 1.807) is 24.4 Å². The van der Waals surface area contributed by atoms with Crippen LogP contribution in [0.2, 0.25) is 5.02 Å². The Bertz CT molecular complexity index is 542. The van der Waals surface area contributed by atoms with Gasteiger partial charge in [-0.05, 0) is 29.8 Å².